The van der Waals surface area contributed by atoms with Crippen LogP contribution < -0.4 is 0 Å². The molecule has 6 nitrogen and oxygen atoms in total. The van der Waals surface area contributed by atoms with Gasteiger partial charge in [0.25, 0.3) is 0 Å². The summed E-state index contributed by atoms with van der Waals surface area (Å²) >= 11 is 0. The summed E-state index contributed by atoms with van der Waals surface area (Å²) in [5.41, 5.74) is 1.87. The molecule has 0 aliphatic carbocycles. The second kappa shape index (κ2) is 5.66. The molecular formula is C12H19N3O3. The van der Waals surface area contributed by atoms with Crippen LogP contribution in [0.1, 0.15) is 43.3 Å². The van der Waals surface area contributed by atoms with Crippen molar-refractivity contribution in [1.82, 2.24) is 15.1 Å². The molecule has 1 unspecified atom stereocenters. The van der Waals surface area contributed by atoms with Gasteiger partial charge >= 0.3 is 5.97 Å². The number of aromatic amines is 1. The fraction of sp³-hybridized carbons (Fsp3) is 0.583. The molecule has 1 aromatic heterocycles. The summed E-state index contributed by atoms with van der Waals surface area (Å²) in [5.74, 6) is -1.28. The number of hydrogen-bond acceptors (Lipinski definition) is 3. The third-order valence-electron chi connectivity index (χ3n) is 2.87. The number of aromatic nitrogens is 2. The Kier molecular flexibility index (Phi) is 4.47. The molecule has 1 atom stereocenters. The van der Waals surface area contributed by atoms with Crippen molar-refractivity contribution >= 4 is 11.9 Å². The van der Waals surface area contributed by atoms with E-state index < -0.39 is 12.0 Å². The largest absolute Gasteiger partial charge is 0.479 e. The van der Waals surface area contributed by atoms with E-state index in [-0.39, 0.29) is 5.91 Å². The van der Waals surface area contributed by atoms with Crippen molar-refractivity contribution in [3.8, 4) is 0 Å². The van der Waals surface area contributed by atoms with Gasteiger partial charge in [-0.25, -0.2) is 4.79 Å². The van der Waals surface area contributed by atoms with Crippen molar-refractivity contribution in [2.75, 3.05) is 6.54 Å². The molecule has 0 spiro atoms. The maximum absolute atomic E-state index is 11.6. The Morgan fingerprint density at radius 2 is 2.06 bits per heavy atom. The highest BCUT2D eigenvalue weighted by Gasteiger charge is 2.32. The lowest BCUT2D eigenvalue weighted by molar-refractivity contribution is -0.149. The smallest absolute Gasteiger partial charge is 0.331 e. The molecule has 0 bridgehead atoms. The van der Waals surface area contributed by atoms with Crippen molar-refractivity contribution in [2.24, 2.45) is 0 Å². The first-order valence-electron chi connectivity index (χ1n) is 5.91. The van der Waals surface area contributed by atoms with E-state index in [2.05, 4.69) is 10.2 Å². The van der Waals surface area contributed by atoms with Crippen LogP contribution in [0.4, 0.5) is 0 Å². The van der Waals surface area contributed by atoms with Gasteiger partial charge in [0.2, 0.25) is 5.91 Å². The Balaban J connectivity index is 3.24. The van der Waals surface area contributed by atoms with Crippen LogP contribution in [0.5, 0.6) is 0 Å². The van der Waals surface area contributed by atoms with Gasteiger partial charge in [-0.15, -0.1) is 0 Å². The quantitative estimate of drug-likeness (QED) is 0.830. The summed E-state index contributed by atoms with van der Waals surface area (Å²) in [5, 5.41) is 16.2. The van der Waals surface area contributed by atoms with Crippen LogP contribution in [0, 0.1) is 13.8 Å². The molecule has 1 amide bonds. The Morgan fingerprint density at radius 1 is 1.44 bits per heavy atom. The van der Waals surface area contributed by atoms with E-state index >= 15 is 0 Å². The number of hydrogen-bond donors (Lipinski definition) is 2. The van der Waals surface area contributed by atoms with Crippen LogP contribution in [0.15, 0.2) is 0 Å². The molecule has 0 aromatic carbocycles. The molecular weight excluding hydrogens is 234 g/mol. The second-order valence-electron chi connectivity index (χ2n) is 4.30. The molecule has 0 radical (unpaired) electrons. The number of H-pyrrole nitrogens is 1. The minimum Gasteiger partial charge on any atom is -0.479 e. The second-order valence-corrected chi connectivity index (χ2v) is 4.30. The summed E-state index contributed by atoms with van der Waals surface area (Å²) < 4.78 is 0. The van der Waals surface area contributed by atoms with E-state index in [4.69, 9.17) is 0 Å². The highest BCUT2D eigenvalue weighted by Crippen LogP contribution is 2.26. The number of nitrogens with zero attached hydrogens (tertiary/aromatic N) is 2. The van der Waals surface area contributed by atoms with Gasteiger partial charge in [-0.3, -0.25) is 9.89 Å². The number of aliphatic carboxylic acids is 1. The van der Waals surface area contributed by atoms with Crippen LogP contribution >= 0.6 is 0 Å². The first-order valence-corrected chi connectivity index (χ1v) is 5.91. The van der Waals surface area contributed by atoms with Crippen molar-refractivity contribution in [2.45, 2.75) is 40.2 Å². The molecule has 2 N–H and O–H groups in total. The summed E-state index contributed by atoms with van der Waals surface area (Å²) in [4.78, 5) is 24.5. The fourth-order valence-corrected chi connectivity index (χ4v) is 2.08. The molecule has 0 fully saturated rings. The Bertz CT molecular complexity index is 434. The van der Waals surface area contributed by atoms with E-state index in [1.807, 2.05) is 6.92 Å². The first kappa shape index (κ1) is 14.2. The zero-order valence-corrected chi connectivity index (χ0v) is 11.1. The fourth-order valence-electron chi connectivity index (χ4n) is 2.08. The Hall–Kier alpha value is -1.85. The van der Waals surface area contributed by atoms with Gasteiger partial charge < -0.3 is 10.0 Å². The van der Waals surface area contributed by atoms with Crippen LogP contribution in [0.3, 0.4) is 0 Å². The predicted octanol–water partition coefficient (Wildman–Crippen LogP) is 1.41. The number of rotatable bonds is 5. The number of nitrogens with one attached hydrogen (secondary N) is 1. The van der Waals surface area contributed by atoms with E-state index in [0.717, 1.165) is 0 Å². The minimum absolute atomic E-state index is 0.246. The highest BCUT2D eigenvalue weighted by molar-refractivity contribution is 5.83. The number of carbonyl (C=O) groups is 2. The standard InChI is InChI=1S/C12H19N3O3/c1-5-6-15(9(4)16)11(12(17)18)10-7(2)13-14-8(10)3/h11H,5-6H2,1-4H3,(H,13,14)(H,17,18). The summed E-state index contributed by atoms with van der Waals surface area (Å²) in [7, 11) is 0. The van der Waals surface area contributed by atoms with Crippen molar-refractivity contribution in [3.05, 3.63) is 17.0 Å². The van der Waals surface area contributed by atoms with E-state index in [1.54, 1.807) is 13.8 Å². The average molecular weight is 253 g/mol. The number of aryl methyl sites for hydroxylation is 2. The summed E-state index contributed by atoms with van der Waals surface area (Å²) in [6.45, 7) is 7.20. The van der Waals surface area contributed by atoms with Gasteiger partial charge in [-0.1, -0.05) is 6.92 Å². The molecule has 0 aliphatic heterocycles. The Morgan fingerprint density at radius 3 is 2.39 bits per heavy atom. The molecule has 0 saturated heterocycles. The van der Waals surface area contributed by atoms with Crippen LogP contribution in [-0.4, -0.2) is 38.6 Å². The van der Waals surface area contributed by atoms with E-state index in [9.17, 15) is 14.7 Å². The third kappa shape index (κ3) is 2.69. The summed E-state index contributed by atoms with van der Waals surface area (Å²) in [6, 6.07) is -0.971. The van der Waals surface area contributed by atoms with Gasteiger partial charge in [0.05, 0.1) is 5.69 Å². The molecule has 0 saturated carbocycles. The zero-order chi connectivity index (χ0) is 13.9. The maximum Gasteiger partial charge on any atom is 0.331 e. The van der Waals surface area contributed by atoms with Gasteiger partial charge in [0.15, 0.2) is 6.04 Å². The first-order chi connectivity index (χ1) is 8.40. The number of carboxylic acid groups (broad SMARTS) is 1. The van der Waals surface area contributed by atoms with Gasteiger partial charge in [0, 0.05) is 24.7 Å². The molecule has 6 heteroatoms. The normalized spacial score (nSPS) is 12.2. The minimum atomic E-state index is -1.04. The van der Waals surface area contributed by atoms with Crippen LogP contribution in [0.25, 0.3) is 0 Å². The van der Waals surface area contributed by atoms with Crippen molar-refractivity contribution in [3.63, 3.8) is 0 Å². The molecule has 1 rings (SSSR count). The van der Waals surface area contributed by atoms with Crippen LogP contribution in [0.2, 0.25) is 0 Å². The number of amides is 1. The van der Waals surface area contributed by atoms with Crippen molar-refractivity contribution in [1.29, 1.82) is 0 Å². The number of carboxylic acids is 1. The topological polar surface area (TPSA) is 86.3 Å². The zero-order valence-electron chi connectivity index (χ0n) is 11.1. The number of carbonyl (C=O) groups excluding carboxylic acids is 1. The van der Waals surface area contributed by atoms with Crippen LogP contribution in [-0.2, 0) is 9.59 Å². The maximum atomic E-state index is 11.6. The molecule has 1 heterocycles. The molecule has 100 valence electrons. The average Bonchev–Trinajstić information content (AvgIpc) is 2.59. The van der Waals surface area contributed by atoms with Gasteiger partial charge in [-0.05, 0) is 20.3 Å². The third-order valence-corrected chi connectivity index (χ3v) is 2.87. The molecule has 0 aliphatic rings. The summed E-state index contributed by atoms with van der Waals surface area (Å²) in [6.07, 6.45) is 0.708. The van der Waals surface area contributed by atoms with Gasteiger partial charge in [0.1, 0.15) is 0 Å². The lowest BCUT2D eigenvalue weighted by Gasteiger charge is -2.28. The lowest BCUT2D eigenvalue weighted by Crippen LogP contribution is -2.38. The monoisotopic (exact) mass is 253 g/mol. The molecule has 1 aromatic rings. The van der Waals surface area contributed by atoms with E-state index in [0.29, 0.717) is 29.9 Å². The Labute approximate surface area is 106 Å². The van der Waals surface area contributed by atoms with Gasteiger partial charge in [-0.2, -0.15) is 5.10 Å². The lowest BCUT2D eigenvalue weighted by atomic mass is 10.0. The SMILES string of the molecule is CCCN(C(C)=O)C(C(=O)O)c1c(C)n[nH]c1C. The predicted molar refractivity (Wildman–Crippen MR) is 66.1 cm³/mol. The van der Waals surface area contributed by atoms with E-state index in [1.165, 1.54) is 11.8 Å². The molecule has 18 heavy (non-hydrogen) atoms. The highest BCUT2D eigenvalue weighted by atomic mass is 16.4. The van der Waals surface area contributed by atoms with Crippen molar-refractivity contribution < 1.29 is 14.7 Å².